The number of aliphatic hydroxyl groups is 1. The minimum absolute atomic E-state index is 0.0711. The SMILES string of the molecule is C[C@H]1C(O)CC[C@@H]2[C@]1(C)CC[C@H]1[C@@]2(C)CCC2[C@@H]3CC(C)(C)CC[C@]3(C)CC[C@@]21C. The number of aliphatic hydroxyl groups excluding tert-OH is 1. The number of hydrogen-bond donors (Lipinski definition) is 1. The van der Waals surface area contributed by atoms with E-state index in [0.717, 1.165) is 30.1 Å². The molecule has 0 saturated heterocycles. The van der Waals surface area contributed by atoms with Gasteiger partial charge in [0.25, 0.3) is 0 Å². The highest BCUT2D eigenvalue weighted by atomic mass is 16.3. The minimum Gasteiger partial charge on any atom is -0.393 e. The molecule has 0 aliphatic heterocycles. The van der Waals surface area contributed by atoms with Crippen molar-refractivity contribution in [3.63, 3.8) is 0 Å². The average Bonchev–Trinajstić information content (AvgIpc) is 2.66. The highest BCUT2D eigenvalue weighted by molar-refractivity contribution is 5.16. The maximum atomic E-state index is 10.7. The predicted molar refractivity (Wildman–Crippen MR) is 126 cm³/mol. The fourth-order valence-corrected chi connectivity index (χ4v) is 10.9. The summed E-state index contributed by atoms with van der Waals surface area (Å²) in [4.78, 5) is 0. The Morgan fingerprint density at radius 2 is 1.23 bits per heavy atom. The van der Waals surface area contributed by atoms with E-state index in [1.807, 2.05) is 0 Å². The number of rotatable bonds is 0. The highest BCUT2D eigenvalue weighted by Crippen LogP contribution is 2.74. The van der Waals surface area contributed by atoms with Gasteiger partial charge in [-0.15, -0.1) is 0 Å². The van der Waals surface area contributed by atoms with Gasteiger partial charge in [-0.2, -0.15) is 0 Å². The lowest BCUT2D eigenvalue weighted by molar-refractivity contribution is -0.229. The summed E-state index contributed by atoms with van der Waals surface area (Å²) in [7, 11) is 0. The maximum absolute atomic E-state index is 10.7. The zero-order valence-corrected chi connectivity index (χ0v) is 21.2. The molecule has 172 valence electrons. The van der Waals surface area contributed by atoms with E-state index >= 15 is 0 Å². The van der Waals surface area contributed by atoms with Crippen LogP contribution in [0.2, 0.25) is 0 Å². The topological polar surface area (TPSA) is 20.2 Å². The van der Waals surface area contributed by atoms with Crippen LogP contribution in [0.5, 0.6) is 0 Å². The molecule has 0 amide bonds. The second-order valence-electron chi connectivity index (χ2n) is 14.9. The summed E-state index contributed by atoms with van der Waals surface area (Å²) in [5, 5.41) is 10.7. The third-order valence-corrected chi connectivity index (χ3v) is 13.1. The van der Waals surface area contributed by atoms with Gasteiger partial charge in [-0.25, -0.2) is 0 Å². The van der Waals surface area contributed by atoms with Crippen molar-refractivity contribution in [2.75, 3.05) is 0 Å². The third-order valence-electron chi connectivity index (χ3n) is 13.1. The smallest absolute Gasteiger partial charge is 0.0571 e. The first-order valence-corrected chi connectivity index (χ1v) is 13.5. The summed E-state index contributed by atoms with van der Waals surface area (Å²) in [6.45, 7) is 18.2. The molecule has 0 radical (unpaired) electrons. The van der Waals surface area contributed by atoms with E-state index in [1.54, 1.807) is 0 Å². The molecule has 1 heteroatoms. The molecule has 10 atom stereocenters. The molecule has 2 unspecified atom stereocenters. The van der Waals surface area contributed by atoms with E-state index in [4.69, 9.17) is 0 Å². The van der Waals surface area contributed by atoms with E-state index < -0.39 is 0 Å². The first-order valence-electron chi connectivity index (χ1n) is 13.5. The Balaban J connectivity index is 1.49. The Hall–Kier alpha value is -0.0400. The van der Waals surface area contributed by atoms with E-state index in [-0.39, 0.29) is 6.10 Å². The van der Waals surface area contributed by atoms with Gasteiger partial charge in [-0.3, -0.25) is 0 Å². The Morgan fingerprint density at radius 1 is 0.600 bits per heavy atom. The van der Waals surface area contributed by atoms with Gasteiger partial charge in [-0.1, -0.05) is 48.5 Å². The van der Waals surface area contributed by atoms with Crippen LogP contribution in [0.3, 0.4) is 0 Å². The van der Waals surface area contributed by atoms with Crippen molar-refractivity contribution < 1.29 is 5.11 Å². The second-order valence-corrected chi connectivity index (χ2v) is 14.9. The molecule has 30 heavy (non-hydrogen) atoms. The van der Waals surface area contributed by atoms with Crippen LogP contribution in [-0.4, -0.2) is 11.2 Å². The van der Waals surface area contributed by atoms with E-state index in [1.165, 1.54) is 64.2 Å². The van der Waals surface area contributed by atoms with Gasteiger partial charge in [0.2, 0.25) is 0 Å². The van der Waals surface area contributed by atoms with Gasteiger partial charge in [0.15, 0.2) is 0 Å². The van der Waals surface area contributed by atoms with E-state index in [9.17, 15) is 5.11 Å². The van der Waals surface area contributed by atoms with E-state index in [0.29, 0.717) is 33.0 Å². The van der Waals surface area contributed by atoms with Gasteiger partial charge in [0, 0.05) is 0 Å². The molecule has 5 rings (SSSR count). The van der Waals surface area contributed by atoms with Crippen LogP contribution in [0.1, 0.15) is 119 Å². The van der Waals surface area contributed by atoms with Crippen molar-refractivity contribution in [1.82, 2.24) is 0 Å². The lowest BCUT2D eigenvalue weighted by Gasteiger charge is -2.71. The first-order chi connectivity index (χ1) is 13.9. The average molecular weight is 415 g/mol. The monoisotopic (exact) mass is 414 g/mol. The molecule has 5 fully saturated rings. The molecule has 0 heterocycles. The third kappa shape index (κ3) is 2.75. The predicted octanol–water partition coefficient (Wildman–Crippen LogP) is 7.86. The Labute approximate surface area is 187 Å². The number of fused-ring (bicyclic) bond motifs is 7. The second kappa shape index (κ2) is 6.51. The van der Waals surface area contributed by atoms with Crippen LogP contribution in [-0.2, 0) is 0 Å². The molecule has 1 nitrogen and oxygen atoms in total. The molecule has 0 aromatic heterocycles. The van der Waals surface area contributed by atoms with Gasteiger partial charge in [-0.05, 0) is 127 Å². The quantitative estimate of drug-likeness (QED) is 0.427. The van der Waals surface area contributed by atoms with Crippen LogP contribution in [0.4, 0.5) is 0 Å². The van der Waals surface area contributed by atoms with Gasteiger partial charge in [0.1, 0.15) is 0 Å². The van der Waals surface area contributed by atoms with Crippen molar-refractivity contribution >= 4 is 0 Å². The summed E-state index contributed by atoms with van der Waals surface area (Å²) in [5.74, 6) is 4.08. The Morgan fingerprint density at radius 3 is 1.97 bits per heavy atom. The first kappa shape index (κ1) is 21.8. The standard InChI is InChI=1S/C29H50O/c1-19-22(30)8-9-23-27(19,5)13-11-24-28(6)17-16-26(4)15-14-25(2,3)18-21(26)20(28)10-12-29(23,24)7/h19-24,30H,8-18H2,1-7H3/t19-,20?,21-,22?,23+,24+,26+,27+,28-,29-/m0/s1. The zero-order chi connectivity index (χ0) is 21.7. The van der Waals surface area contributed by atoms with Gasteiger partial charge >= 0.3 is 0 Å². The summed E-state index contributed by atoms with van der Waals surface area (Å²) in [6.07, 6.45) is 15.3. The van der Waals surface area contributed by atoms with E-state index in [2.05, 4.69) is 48.5 Å². The fourth-order valence-electron chi connectivity index (χ4n) is 10.9. The van der Waals surface area contributed by atoms with Crippen molar-refractivity contribution in [3.05, 3.63) is 0 Å². The Kier molecular flexibility index (Phi) is 4.73. The molecule has 5 saturated carbocycles. The summed E-state index contributed by atoms with van der Waals surface area (Å²) in [5.41, 5.74) is 2.54. The summed E-state index contributed by atoms with van der Waals surface area (Å²) < 4.78 is 0. The van der Waals surface area contributed by atoms with Crippen LogP contribution in [0.25, 0.3) is 0 Å². The lowest BCUT2D eigenvalue weighted by atomic mass is 9.34. The molecule has 0 aromatic carbocycles. The molecular formula is C29H50O. The minimum atomic E-state index is -0.0711. The van der Waals surface area contributed by atoms with Crippen molar-refractivity contribution in [1.29, 1.82) is 0 Å². The molecule has 5 aliphatic carbocycles. The summed E-state index contributed by atoms with van der Waals surface area (Å²) >= 11 is 0. The van der Waals surface area contributed by atoms with Crippen LogP contribution in [0.15, 0.2) is 0 Å². The number of hydrogen-bond acceptors (Lipinski definition) is 1. The highest BCUT2D eigenvalue weighted by Gasteiger charge is 2.67. The van der Waals surface area contributed by atoms with Crippen LogP contribution >= 0.6 is 0 Å². The van der Waals surface area contributed by atoms with Crippen molar-refractivity contribution in [2.24, 2.45) is 56.7 Å². The molecule has 5 aliphatic rings. The fraction of sp³-hybridized carbons (Fsp3) is 1.00. The van der Waals surface area contributed by atoms with Crippen LogP contribution < -0.4 is 0 Å². The molecule has 0 aromatic rings. The van der Waals surface area contributed by atoms with Crippen LogP contribution in [0, 0.1) is 56.7 Å². The van der Waals surface area contributed by atoms with Gasteiger partial charge < -0.3 is 5.11 Å². The molecule has 0 spiro atoms. The lowest BCUT2D eigenvalue weighted by Crippen LogP contribution is -2.64. The van der Waals surface area contributed by atoms with Gasteiger partial charge in [0.05, 0.1) is 6.10 Å². The largest absolute Gasteiger partial charge is 0.393 e. The normalized spacial score (nSPS) is 60.0. The Bertz CT molecular complexity index is 696. The maximum Gasteiger partial charge on any atom is 0.0571 e. The molecule has 1 N–H and O–H groups in total. The summed E-state index contributed by atoms with van der Waals surface area (Å²) in [6, 6.07) is 0. The van der Waals surface area contributed by atoms with Crippen molar-refractivity contribution in [3.8, 4) is 0 Å². The molecule has 0 bridgehead atoms. The van der Waals surface area contributed by atoms with Crippen molar-refractivity contribution in [2.45, 2.75) is 125 Å². The zero-order valence-electron chi connectivity index (χ0n) is 21.2. The molecular weight excluding hydrogens is 364 g/mol.